The predicted octanol–water partition coefficient (Wildman–Crippen LogP) is 2.98. The van der Waals surface area contributed by atoms with Crippen LogP contribution < -0.4 is 4.72 Å². The highest BCUT2D eigenvalue weighted by molar-refractivity contribution is 7.89. The van der Waals surface area contributed by atoms with Crippen LogP contribution in [0.2, 0.25) is 5.02 Å². The van der Waals surface area contributed by atoms with Crippen LogP contribution in [0.25, 0.3) is 0 Å². The lowest BCUT2D eigenvalue weighted by molar-refractivity contribution is -0.137. The molecule has 0 aliphatic rings. The molecule has 1 aromatic rings. The fourth-order valence-corrected chi connectivity index (χ4v) is 3.53. The van der Waals surface area contributed by atoms with E-state index in [2.05, 4.69) is 4.72 Å². The fraction of sp³-hybridized carbons (Fsp3) is 0.538. The molecule has 0 bridgehead atoms. The van der Waals surface area contributed by atoms with Crippen molar-refractivity contribution in [3.05, 3.63) is 28.8 Å². The summed E-state index contributed by atoms with van der Waals surface area (Å²) in [6, 6.07) is 1.79. The molecule has 0 aromatic heterocycles. The van der Waals surface area contributed by atoms with Crippen LogP contribution in [0.3, 0.4) is 0 Å². The number of hydrogen-bond donors (Lipinski definition) is 1. The molecule has 1 aromatic carbocycles. The maximum atomic E-state index is 12.7. The highest BCUT2D eigenvalue weighted by Gasteiger charge is 2.33. The third-order valence-electron chi connectivity index (χ3n) is 2.91. The lowest BCUT2D eigenvalue weighted by Crippen LogP contribution is -2.35. The second kappa shape index (κ2) is 7.16. The van der Waals surface area contributed by atoms with Gasteiger partial charge in [0.15, 0.2) is 0 Å². The van der Waals surface area contributed by atoms with Gasteiger partial charge in [0, 0.05) is 6.04 Å². The molecular formula is C13H18ClF3N2O2S. The molecule has 126 valence electrons. The Balaban J connectivity index is 3.02. The standard InChI is InChI=1S/C13H18ClF3N2O2S/c1-9(6-7-19(2)3)18-22(20,21)12-8-10(13(15,16)17)4-5-11(12)14/h4-5,8-9,18H,6-7H2,1-3H3. The summed E-state index contributed by atoms with van der Waals surface area (Å²) in [6.07, 6.45) is -4.12. The van der Waals surface area contributed by atoms with Crippen molar-refractivity contribution in [3.8, 4) is 0 Å². The molecule has 0 aliphatic heterocycles. The first-order valence-corrected chi connectivity index (χ1v) is 8.33. The minimum atomic E-state index is -4.63. The summed E-state index contributed by atoms with van der Waals surface area (Å²) in [5.41, 5.74) is -1.06. The number of sulfonamides is 1. The topological polar surface area (TPSA) is 49.4 Å². The van der Waals surface area contributed by atoms with Gasteiger partial charge < -0.3 is 4.90 Å². The molecule has 0 spiro atoms. The van der Waals surface area contributed by atoms with Crippen LogP contribution in [-0.4, -0.2) is 40.0 Å². The van der Waals surface area contributed by atoms with E-state index in [4.69, 9.17) is 11.6 Å². The Bertz CT molecular complexity index is 618. The zero-order valence-corrected chi connectivity index (χ0v) is 14.0. The summed E-state index contributed by atoms with van der Waals surface area (Å²) in [7, 11) is -0.445. The number of alkyl halides is 3. The first-order valence-electron chi connectivity index (χ1n) is 6.47. The second-order valence-corrected chi connectivity index (χ2v) is 7.35. The van der Waals surface area contributed by atoms with Crippen LogP contribution in [0.4, 0.5) is 13.2 Å². The summed E-state index contributed by atoms with van der Waals surface area (Å²) in [6.45, 7) is 2.28. The molecule has 0 aliphatic carbocycles. The largest absolute Gasteiger partial charge is 0.416 e. The molecule has 1 rings (SSSR count). The van der Waals surface area contributed by atoms with E-state index in [-0.39, 0.29) is 5.02 Å². The Labute approximate surface area is 133 Å². The molecule has 1 atom stereocenters. The molecule has 22 heavy (non-hydrogen) atoms. The van der Waals surface area contributed by atoms with Gasteiger partial charge in [-0.1, -0.05) is 11.6 Å². The van der Waals surface area contributed by atoms with Gasteiger partial charge in [-0.3, -0.25) is 0 Å². The molecule has 1 N–H and O–H groups in total. The number of halogens is 4. The van der Waals surface area contributed by atoms with Gasteiger partial charge in [0.1, 0.15) is 4.90 Å². The van der Waals surface area contributed by atoms with Crippen molar-refractivity contribution in [2.45, 2.75) is 30.5 Å². The molecular weight excluding hydrogens is 341 g/mol. The first kappa shape index (κ1) is 19.2. The van der Waals surface area contributed by atoms with Crippen molar-refractivity contribution >= 4 is 21.6 Å². The lowest BCUT2D eigenvalue weighted by Gasteiger charge is -2.18. The zero-order chi connectivity index (χ0) is 17.1. The van der Waals surface area contributed by atoms with Gasteiger partial charge in [-0.2, -0.15) is 13.2 Å². The van der Waals surface area contributed by atoms with E-state index in [1.54, 1.807) is 6.92 Å². The summed E-state index contributed by atoms with van der Waals surface area (Å²) < 4.78 is 64.9. The number of rotatable bonds is 6. The van der Waals surface area contributed by atoms with Crippen molar-refractivity contribution in [1.82, 2.24) is 9.62 Å². The highest BCUT2D eigenvalue weighted by Crippen LogP contribution is 2.33. The number of benzene rings is 1. The molecule has 0 radical (unpaired) electrons. The molecule has 4 nitrogen and oxygen atoms in total. The monoisotopic (exact) mass is 358 g/mol. The van der Waals surface area contributed by atoms with E-state index < -0.39 is 32.7 Å². The Kier molecular flexibility index (Phi) is 6.26. The van der Waals surface area contributed by atoms with Crippen molar-refractivity contribution in [2.24, 2.45) is 0 Å². The Morgan fingerprint density at radius 2 is 1.91 bits per heavy atom. The first-order chi connectivity index (χ1) is 9.93. The maximum Gasteiger partial charge on any atom is 0.416 e. The van der Waals surface area contributed by atoms with E-state index in [0.717, 1.165) is 12.1 Å². The molecule has 0 heterocycles. The molecule has 0 amide bonds. The molecule has 0 saturated heterocycles. The van der Waals surface area contributed by atoms with Crippen molar-refractivity contribution in [1.29, 1.82) is 0 Å². The van der Waals surface area contributed by atoms with Gasteiger partial charge in [-0.25, -0.2) is 13.1 Å². The predicted molar refractivity (Wildman–Crippen MR) is 79.4 cm³/mol. The van der Waals surface area contributed by atoms with Crippen molar-refractivity contribution in [3.63, 3.8) is 0 Å². The van der Waals surface area contributed by atoms with Gasteiger partial charge in [0.05, 0.1) is 10.6 Å². The average molecular weight is 359 g/mol. The fourth-order valence-electron chi connectivity index (χ4n) is 1.72. The minimum Gasteiger partial charge on any atom is -0.309 e. The van der Waals surface area contributed by atoms with Crippen LogP contribution in [-0.2, 0) is 16.2 Å². The highest BCUT2D eigenvalue weighted by atomic mass is 35.5. The van der Waals surface area contributed by atoms with Crippen molar-refractivity contribution < 1.29 is 21.6 Å². The molecule has 0 fully saturated rings. The van der Waals surface area contributed by atoms with Crippen LogP contribution in [0, 0.1) is 0 Å². The summed E-state index contributed by atoms with van der Waals surface area (Å²) in [5, 5.41) is -0.250. The Morgan fingerprint density at radius 3 is 2.41 bits per heavy atom. The van der Waals surface area contributed by atoms with Gasteiger partial charge in [0.25, 0.3) is 0 Å². The third-order valence-corrected chi connectivity index (χ3v) is 4.98. The van der Waals surface area contributed by atoms with E-state index in [0.29, 0.717) is 19.0 Å². The quantitative estimate of drug-likeness (QED) is 0.850. The Morgan fingerprint density at radius 1 is 1.32 bits per heavy atom. The van der Waals surface area contributed by atoms with Gasteiger partial charge in [0.2, 0.25) is 10.0 Å². The van der Waals surface area contributed by atoms with Crippen LogP contribution >= 0.6 is 11.6 Å². The number of nitrogens with zero attached hydrogens (tertiary/aromatic N) is 1. The SMILES string of the molecule is CC(CCN(C)C)NS(=O)(=O)c1cc(C(F)(F)F)ccc1Cl. The van der Waals surface area contributed by atoms with E-state index in [1.165, 1.54) is 0 Å². The molecule has 9 heteroatoms. The van der Waals surface area contributed by atoms with E-state index in [1.807, 2.05) is 19.0 Å². The molecule has 0 saturated carbocycles. The minimum absolute atomic E-state index is 0.250. The lowest BCUT2D eigenvalue weighted by atomic mass is 10.2. The van der Waals surface area contributed by atoms with Crippen LogP contribution in [0.1, 0.15) is 18.9 Å². The molecule has 1 unspecified atom stereocenters. The van der Waals surface area contributed by atoms with Gasteiger partial charge >= 0.3 is 6.18 Å². The maximum absolute atomic E-state index is 12.7. The normalized spacial score (nSPS) is 14.4. The number of hydrogen-bond acceptors (Lipinski definition) is 3. The Hall–Kier alpha value is -0.830. The number of nitrogens with one attached hydrogen (secondary N) is 1. The average Bonchev–Trinajstić information content (AvgIpc) is 2.34. The summed E-state index contributed by atoms with van der Waals surface area (Å²) >= 11 is 5.75. The van der Waals surface area contributed by atoms with Gasteiger partial charge in [-0.15, -0.1) is 0 Å². The smallest absolute Gasteiger partial charge is 0.309 e. The van der Waals surface area contributed by atoms with E-state index in [9.17, 15) is 21.6 Å². The van der Waals surface area contributed by atoms with Crippen LogP contribution in [0.15, 0.2) is 23.1 Å². The van der Waals surface area contributed by atoms with Crippen LogP contribution in [0.5, 0.6) is 0 Å². The second-order valence-electron chi connectivity index (χ2n) is 5.26. The van der Waals surface area contributed by atoms with E-state index >= 15 is 0 Å². The third kappa shape index (κ3) is 5.42. The summed E-state index contributed by atoms with van der Waals surface area (Å²) in [5.74, 6) is 0. The van der Waals surface area contributed by atoms with Crippen molar-refractivity contribution in [2.75, 3.05) is 20.6 Å². The van der Waals surface area contributed by atoms with Gasteiger partial charge in [-0.05, 0) is 52.2 Å². The zero-order valence-electron chi connectivity index (χ0n) is 12.4. The summed E-state index contributed by atoms with van der Waals surface area (Å²) in [4.78, 5) is 1.31.